The van der Waals surface area contributed by atoms with E-state index in [1.165, 1.54) is 0 Å². The van der Waals surface area contributed by atoms with E-state index in [9.17, 15) is 0 Å². The number of halogens is 2. The standard InChI is InChI=1S/C9H10Cl2OS.C2H4O2/c10-5-9(6-12)13-8-3-1-7(11)2-4-8;1-2(3)4/h1-4,9,12H,5-6H2;1H3,(H,3,4). The zero-order valence-electron chi connectivity index (χ0n) is 9.27. The van der Waals surface area contributed by atoms with Gasteiger partial charge in [-0.1, -0.05) is 11.6 Å². The Labute approximate surface area is 115 Å². The van der Waals surface area contributed by atoms with E-state index in [1.807, 2.05) is 24.3 Å². The van der Waals surface area contributed by atoms with Crippen LogP contribution in [0, 0.1) is 0 Å². The van der Waals surface area contributed by atoms with Crippen molar-refractivity contribution >= 4 is 40.9 Å². The summed E-state index contributed by atoms with van der Waals surface area (Å²) in [6.07, 6.45) is 0. The molecule has 0 heterocycles. The molecule has 1 atom stereocenters. The number of aliphatic hydroxyl groups is 1. The number of benzene rings is 1. The Morgan fingerprint density at radius 2 is 1.88 bits per heavy atom. The van der Waals surface area contributed by atoms with Crippen LogP contribution in [-0.2, 0) is 4.79 Å². The Hall–Kier alpha value is -0.420. The topological polar surface area (TPSA) is 57.5 Å². The van der Waals surface area contributed by atoms with Gasteiger partial charge in [-0.3, -0.25) is 4.79 Å². The van der Waals surface area contributed by atoms with Crippen molar-refractivity contribution in [2.45, 2.75) is 17.1 Å². The first-order chi connectivity index (χ1) is 7.99. The highest BCUT2D eigenvalue weighted by molar-refractivity contribution is 8.00. The second-order valence-corrected chi connectivity index (χ2v) is 5.17. The molecule has 0 aromatic heterocycles. The van der Waals surface area contributed by atoms with E-state index < -0.39 is 5.97 Å². The molecule has 0 amide bonds. The molecule has 0 radical (unpaired) electrons. The van der Waals surface area contributed by atoms with Gasteiger partial charge in [0.2, 0.25) is 0 Å². The summed E-state index contributed by atoms with van der Waals surface area (Å²) >= 11 is 12.9. The second kappa shape index (κ2) is 9.59. The number of hydrogen-bond acceptors (Lipinski definition) is 3. The largest absolute Gasteiger partial charge is 0.481 e. The van der Waals surface area contributed by atoms with Crippen LogP contribution in [0.15, 0.2) is 29.2 Å². The van der Waals surface area contributed by atoms with Crippen LogP contribution in [0.5, 0.6) is 0 Å². The van der Waals surface area contributed by atoms with Crippen LogP contribution >= 0.6 is 35.0 Å². The van der Waals surface area contributed by atoms with Crippen molar-refractivity contribution in [1.29, 1.82) is 0 Å². The summed E-state index contributed by atoms with van der Waals surface area (Å²) < 4.78 is 0. The SMILES string of the molecule is CC(=O)O.OCC(CCl)Sc1ccc(Cl)cc1. The number of aliphatic carboxylic acids is 1. The van der Waals surface area contributed by atoms with Gasteiger partial charge in [0.25, 0.3) is 5.97 Å². The van der Waals surface area contributed by atoms with Crippen molar-refractivity contribution in [2.24, 2.45) is 0 Å². The van der Waals surface area contributed by atoms with E-state index in [0.717, 1.165) is 16.8 Å². The van der Waals surface area contributed by atoms with Crippen LogP contribution in [0.25, 0.3) is 0 Å². The fourth-order valence-corrected chi connectivity index (χ4v) is 2.05. The first-order valence-electron chi connectivity index (χ1n) is 4.78. The normalized spacial score (nSPS) is 11.3. The summed E-state index contributed by atoms with van der Waals surface area (Å²) in [4.78, 5) is 10.1. The molecule has 1 rings (SSSR count). The molecule has 0 aliphatic rings. The van der Waals surface area contributed by atoms with Gasteiger partial charge in [-0.2, -0.15) is 0 Å². The quantitative estimate of drug-likeness (QED) is 0.662. The van der Waals surface area contributed by atoms with Gasteiger partial charge < -0.3 is 10.2 Å². The van der Waals surface area contributed by atoms with Gasteiger partial charge in [-0.15, -0.1) is 23.4 Å². The van der Waals surface area contributed by atoms with Crippen LogP contribution in [0.4, 0.5) is 0 Å². The maximum atomic E-state index is 9.00. The molecule has 96 valence electrons. The van der Waals surface area contributed by atoms with Crippen molar-refractivity contribution in [3.63, 3.8) is 0 Å². The Kier molecular flexibility index (Phi) is 9.36. The average molecular weight is 297 g/mol. The number of thioether (sulfide) groups is 1. The van der Waals surface area contributed by atoms with Crippen molar-refractivity contribution in [3.05, 3.63) is 29.3 Å². The Balaban J connectivity index is 0.000000557. The van der Waals surface area contributed by atoms with Crippen molar-refractivity contribution in [1.82, 2.24) is 0 Å². The minimum absolute atomic E-state index is 0.0582. The summed E-state index contributed by atoms with van der Waals surface area (Å²) in [5.74, 6) is -0.385. The molecule has 0 aliphatic carbocycles. The fraction of sp³-hybridized carbons (Fsp3) is 0.364. The summed E-state index contributed by atoms with van der Waals surface area (Å²) in [6.45, 7) is 1.18. The highest BCUT2D eigenvalue weighted by Crippen LogP contribution is 2.25. The van der Waals surface area contributed by atoms with Gasteiger partial charge in [-0.25, -0.2) is 0 Å². The third-order valence-electron chi connectivity index (χ3n) is 1.49. The predicted octanol–water partition coefficient (Wildman–Crippen LogP) is 3.12. The van der Waals surface area contributed by atoms with Crippen LogP contribution in [0.1, 0.15) is 6.92 Å². The number of hydrogen-bond donors (Lipinski definition) is 2. The first-order valence-corrected chi connectivity index (χ1v) is 6.57. The van der Waals surface area contributed by atoms with E-state index in [1.54, 1.807) is 11.8 Å². The molecule has 1 unspecified atom stereocenters. The van der Waals surface area contributed by atoms with Gasteiger partial charge in [0.1, 0.15) is 0 Å². The Morgan fingerprint density at radius 1 is 1.41 bits per heavy atom. The molecule has 0 saturated heterocycles. The molecule has 1 aromatic rings. The molecule has 0 bridgehead atoms. The summed E-state index contributed by atoms with van der Waals surface area (Å²) in [5, 5.41) is 17.1. The fourth-order valence-electron chi connectivity index (χ4n) is 0.823. The summed E-state index contributed by atoms with van der Waals surface area (Å²) in [5.41, 5.74) is 0. The Morgan fingerprint density at radius 3 is 2.24 bits per heavy atom. The minimum Gasteiger partial charge on any atom is -0.481 e. The third kappa shape index (κ3) is 9.30. The van der Waals surface area contributed by atoms with E-state index in [-0.39, 0.29) is 11.9 Å². The number of carboxylic acids is 1. The molecule has 0 aliphatic heterocycles. The predicted molar refractivity (Wildman–Crippen MR) is 72.2 cm³/mol. The lowest BCUT2D eigenvalue weighted by molar-refractivity contribution is -0.134. The van der Waals surface area contributed by atoms with Gasteiger partial charge in [-0.05, 0) is 24.3 Å². The molecule has 6 heteroatoms. The highest BCUT2D eigenvalue weighted by atomic mass is 35.5. The molecule has 3 nitrogen and oxygen atoms in total. The maximum absolute atomic E-state index is 9.00. The maximum Gasteiger partial charge on any atom is 0.300 e. The van der Waals surface area contributed by atoms with Crippen LogP contribution in [0.2, 0.25) is 5.02 Å². The number of aliphatic hydroxyl groups excluding tert-OH is 1. The van der Waals surface area contributed by atoms with E-state index >= 15 is 0 Å². The van der Waals surface area contributed by atoms with Gasteiger partial charge in [0, 0.05) is 28.0 Å². The van der Waals surface area contributed by atoms with Gasteiger partial charge in [0.05, 0.1) is 6.61 Å². The summed E-state index contributed by atoms with van der Waals surface area (Å²) in [6, 6.07) is 7.49. The average Bonchev–Trinajstić information content (AvgIpc) is 2.27. The van der Waals surface area contributed by atoms with Crippen molar-refractivity contribution in [2.75, 3.05) is 12.5 Å². The molecule has 2 N–H and O–H groups in total. The van der Waals surface area contributed by atoms with Gasteiger partial charge in [0.15, 0.2) is 0 Å². The number of rotatable bonds is 4. The van der Waals surface area contributed by atoms with Crippen LogP contribution in [0.3, 0.4) is 0 Å². The van der Waals surface area contributed by atoms with Crippen molar-refractivity contribution < 1.29 is 15.0 Å². The number of carboxylic acid groups (broad SMARTS) is 1. The zero-order valence-corrected chi connectivity index (χ0v) is 11.6. The molecule has 0 fully saturated rings. The lowest BCUT2D eigenvalue weighted by atomic mass is 10.4. The molecule has 17 heavy (non-hydrogen) atoms. The summed E-state index contributed by atoms with van der Waals surface area (Å²) in [7, 11) is 0. The van der Waals surface area contributed by atoms with E-state index in [2.05, 4.69) is 0 Å². The molecular weight excluding hydrogens is 283 g/mol. The van der Waals surface area contributed by atoms with E-state index in [4.69, 9.17) is 38.2 Å². The molecule has 0 saturated carbocycles. The highest BCUT2D eigenvalue weighted by Gasteiger charge is 2.06. The molecule has 0 spiro atoms. The van der Waals surface area contributed by atoms with E-state index in [0.29, 0.717) is 5.88 Å². The minimum atomic E-state index is -0.833. The zero-order chi connectivity index (χ0) is 13.3. The molecular formula is C11H14Cl2O3S. The monoisotopic (exact) mass is 296 g/mol. The third-order valence-corrected chi connectivity index (χ3v) is 3.49. The first kappa shape index (κ1) is 16.6. The number of alkyl halides is 1. The molecule has 1 aromatic carbocycles. The second-order valence-electron chi connectivity index (χ2n) is 3.05. The van der Waals surface area contributed by atoms with Crippen LogP contribution < -0.4 is 0 Å². The smallest absolute Gasteiger partial charge is 0.300 e. The van der Waals surface area contributed by atoms with Crippen molar-refractivity contribution in [3.8, 4) is 0 Å². The lowest BCUT2D eigenvalue weighted by Crippen LogP contribution is -2.09. The van der Waals surface area contributed by atoms with Gasteiger partial charge >= 0.3 is 0 Å². The van der Waals surface area contributed by atoms with Crippen LogP contribution in [-0.4, -0.2) is 33.9 Å². The lowest BCUT2D eigenvalue weighted by Gasteiger charge is -2.09. The Bertz CT molecular complexity index is 322. The number of carbonyl (C=O) groups is 1.